The molecule has 0 aliphatic rings. The molecule has 1 aromatic rings. The third-order valence-corrected chi connectivity index (χ3v) is 2.96. The smallest absolute Gasteiger partial charge is 0.310 e. The highest BCUT2D eigenvalue weighted by Gasteiger charge is 2.29. The van der Waals surface area contributed by atoms with E-state index in [1.165, 1.54) is 25.1 Å². The molecule has 1 N–H and O–H groups in total. The van der Waals surface area contributed by atoms with Gasteiger partial charge in [0, 0.05) is 17.1 Å². The Balaban J connectivity index is 2.53. The zero-order valence-electron chi connectivity index (χ0n) is 9.11. The molecule has 0 saturated carbocycles. The summed E-state index contributed by atoms with van der Waals surface area (Å²) in [5, 5.41) is 2.71. The van der Waals surface area contributed by atoms with E-state index < -0.39 is 24.5 Å². The molecule has 0 aliphatic carbocycles. The monoisotopic (exact) mass is 313 g/mol. The Hall–Kier alpha value is -0.620. The topological polar surface area (TPSA) is 12.0 Å². The number of nitrogens with one attached hydrogen (secondary N) is 1. The van der Waals surface area contributed by atoms with Gasteiger partial charge >= 0.3 is 6.18 Å². The molecule has 1 unspecified atom stereocenters. The minimum absolute atomic E-state index is 0.190. The molecule has 0 saturated heterocycles. The highest BCUT2D eigenvalue weighted by molar-refractivity contribution is 9.10. The number of hydrogen-bond donors (Lipinski definition) is 1. The molecule has 1 rings (SSSR count). The molecule has 17 heavy (non-hydrogen) atoms. The summed E-state index contributed by atoms with van der Waals surface area (Å²) in [7, 11) is 0. The van der Waals surface area contributed by atoms with Crippen molar-refractivity contribution in [3.05, 3.63) is 34.1 Å². The summed E-state index contributed by atoms with van der Waals surface area (Å²) >= 11 is 3.21. The zero-order chi connectivity index (χ0) is 13.1. The van der Waals surface area contributed by atoms with Gasteiger partial charge in [-0.2, -0.15) is 13.2 Å². The molecule has 0 aromatic heterocycles. The summed E-state index contributed by atoms with van der Waals surface area (Å²) in [6.07, 6.45) is -5.09. The van der Waals surface area contributed by atoms with Gasteiger partial charge in [0.05, 0.1) is 6.42 Å². The standard InChI is InChI=1S/C11H12BrF4N/c1-7(5-11(14,15)16)17-6-8-4-9(13)2-3-10(8)12/h2-4,7,17H,5-6H2,1H3. The maximum Gasteiger partial charge on any atom is 0.390 e. The van der Waals surface area contributed by atoms with Crippen molar-refractivity contribution in [3.8, 4) is 0 Å². The maximum absolute atomic E-state index is 12.9. The van der Waals surface area contributed by atoms with E-state index in [9.17, 15) is 17.6 Å². The van der Waals surface area contributed by atoms with Crippen molar-refractivity contribution in [1.82, 2.24) is 5.32 Å². The largest absolute Gasteiger partial charge is 0.390 e. The summed E-state index contributed by atoms with van der Waals surface area (Å²) in [6.45, 7) is 1.64. The van der Waals surface area contributed by atoms with Crippen molar-refractivity contribution < 1.29 is 17.6 Å². The number of alkyl halides is 3. The van der Waals surface area contributed by atoms with Crippen molar-refractivity contribution in [2.45, 2.75) is 32.1 Å². The van der Waals surface area contributed by atoms with Crippen LogP contribution in [0, 0.1) is 5.82 Å². The fraction of sp³-hybridized carbons (Fsp3) is 0.455. The molecule has 1 nitrogen and oxygen atoms in total. The van der Waals surface area contributed by atoms with Crippen molar-refractivity contribution in [1.29, 1.82) is 0 Å². The van der Waals surface area contributed by atoms with Crippen LogP contribution in [0.1, 0.15) is 18.9 Å². The molecule has 96 valence electrons. The molecule has 0 radical (unpaired) electrons. The molecule has 1 atom stereocenters. The molecule has 0 aliphatic heterocycles. The van der Waals surface area contributed by atoms with Gasteiger partial charge in [-0.1, -0.05) is 15.9 Å². The lowest BCUT2D eigenvalue weighted by atomic mass is 10.2. The number of halogens is 5. The van der Waals surface area contributed by atoms with Crippen LogP contribution in [0.3, 0.4) is 0 Å². The van der Waals surface area contributed by atoms with Gasteiger partial charge in [0.2, 0.25) is 0 Å². The van der Waals surface area contributed by atoms with Crippen molar-refractivity contribution >= 4 is 15.9 Å². The molecule has 6 heteroatoms. The van der Waals surface area contributed by atoms with E-state index in [0.717, 1.165) is 0 Å². The van der Waals surface area contributed by atoms with Crippen LogP contribution in [-0.4, -0.2) is 12.2 Å². The summed E-state index contributed by atoms with van der Waals surface area (Å²) in [5.41, 5.74) is 0.596. The van der Waals surface area contributed by atoms with E-state index in [0.29, 0.717) is 10.0 Å². The zero-order valence-corrected chi connectivity index (χ0v) is 10.7. The van der Waals surface area contributed by atoms with Crippen molar-refractivity contribution in [3.63, 3.8) is 0 Å². The van der Waals surface area contributed by atoms with E-state index in [1.54, 1.807) is 0 Å². The van der Waals surface area contributed by atoms with Gasteiger partial charge in [-0.25, -0.2) is 4.39 Å². The van der Waals surface area contributed by atoms with Gasteiger partial charge in [-0.15, -0.1) is 0 Å². The van der Waals surface area contributed by atoms with Gasteiger partial charge in [0.15, 0.2) is 0 Å². The van der Waals surface area contributed by atoms with Gasteiger partial charge < -0.3 is 5.32 Å². The molecule has 0 fully saturated rings. The summed E-state index contributed by atoms with van der Waals surface area (Å²) in [5.74, 6) is -0.409. The van der Waals surface area contributed by atoms with Crippen molar-refractivity contribution in [2.24, 2.45) is 0 Å². The molecule has 0 heterocycles. The van der Waals surface area contributed by atoms with E-state index in [4.69, 9.17) is 0 Å². The van der Waals surface area contributed by atoms with Crippen LogP contribution in [0.25, 0.3) is 0 Å². The first-order valence-electron chi connectivity index (χ1n) is 5.02. The first-order valence-corrected chi connectivity index (χ1v) is 5.81. The Labute approximate surface area is 105 Å². The Morgan fingerprint density at radius 1 is 1.35 bits per heavy atom. The second-order valence-electron chi connectivity index (χ2n) is 3.84. The number of hydrogen-bond acceptors (Lipinski definition) is 1. The lowest BCUT2D eigenvalue weighted by Crippen LogP contribution is -2.30. The highest BCUT2D eigenvalue weighted by atomic mass is 79.9. The number of benzene rings is 1. The normalized spacial score (nSPS) is 13.8. The molecule has 1 aromatic carbocycles. The van der Waals surface area contributed by atoms with E-state index in [-0.39, 0.29) is 6.54 Å². The van der Waals surface area contributed by atoms with E-state index >= 15 is 0 Å². The predicted molar refractivity (Wildman–Crippen MR) is 61.1 cm³/mol. The Kier molecular flexibility index (Phi) is 4.94. The minimum atomic E-state index is -4.19. The fourth-order valence-corrected chi connectivity index (χ4v) is 1.77. The fourth-order valence-electron chi connectivity index (χ4n) is 1.38. The SMILES string of the molecule is CC(CC(F)(F)F)NCc1cc(F)ccc1Br. The number of rotatable bonds is 4. The van der Waals surface area contributed by atoms with Gasteiger partial charge in [-0.05, 0) is 30.7 Å². The first-order chi connectivity index (χ1) is 7.78. The molecule has 0 amide bonds. The van der Waals surface area contributed by atoms with Gasteiger partial charge in [0.25, 0.3) is 0 Å². The third-order valence-electron chi connectivity index (χ3n) is 2.19. The minimum Gasteiger partial charge on any atom is -0.310 e. The summed E-state index contributed by atoms with van der Waals surface area (Å²) in [4.78, 5) is 0. The van der Waals surface area contributed by atoms with Crippen LogP contribution in [0.2, 0.25) is 0 Å². The molecular weight excluding hydrogens is 302 g/mol. The van der Waals surface area contributed by atoms with Crippen LogP contribution in [-0.2, 0) is 6.54 Å². The summed E-state index contributed by atoms with van der Waals surface area (Å²) in [6, 6.07) is 3.40. The second kappa shape index (κ2) is 5.82. The van der Waals surface area contributed by atoms with E-state index in [2.05, 4.69) is 21.2 Å². The average molecular weight is 314 g/mol. The van der Waals surface area contributed by atoms with Gasteiger partial charge in [-0.3, -0.25) is 0 Å². The third kappa shape index (κ3) is 5.50. The lowest BCUT2D eigenvalue weighted by molar-refractivity contribution is -0.139. The highest BCUT2D eigenvalue weighted by Crippen LogP contribution is 2.22. The summed E-state index contributed by atoms with van der Waals surface area (Å²) < 4.78 is 49.8. The maximum atomic E-state index is 12.9. The van der Waals surface area contributed by atoms with Crippen molar-refractivity contribution in [2.75, 3.05) is 0 Å². The Morgan fingerprint density at radius 2 is 2.00 bits per heavy atom. The quantitative estimate of drug-likeness (QED) is 0.828. The van der Waals surface area contributed by atoms with Crippen LogP contribution >= 0.6 is 15.9 Å². The Bertz CT molecular complexity index is 378. The first kappa shape index (κ1) is 14.4. The average Bonchev–Trinajstić information content (AvgIpc) is 2.17. The van der Waals surface area contributed by atoms with Crippen LogP contribution in [0.4, 0.5) is 17.6 Å². The second-order valence-corrected chi connectivity index (χ2v) is 4.69. The van der Waals surface area contributed by atoms with Crippen LogP contribution < -0.4 is 5.32 Å². The van der Waals surface area contributed by atoms with Crippen LogP contribution in [0.15, 0.2) is 22.7 Å². The molecule has 0 bridgehead atoms. The van der Waals surface area contributed by atoms with Gasteiger partial charge in [0.1, 0.15) is 5.82 Å². The van der Waals surface area contributed by atoms with E-state index in [1.807, 2.05) is 0 Å². The molecular formula is C11H12BrF4N. The Morgan fingerprint density at radius 3 is 2.59 bits per heavy atom. The molecule has 0 spiro atoms. The van der Waals surface area contributed by atoms with Crippen LogP contribution in [0.5, 0.6) is 0 Å². The predicted octanol–water partition coefficient (Wildman–Crippen LogP) is 4.02. The lowest BCUT2D eigenvalue weighted by Gasteiger charge is -2.16.